The van der Waals surface area contributed by atoms with Gasteiger partial charge in [0, 0.05) is 26.1 Å². The van der Waals surface area contributed by atoms with Gasteiger partial charge in [-0.25, -0.2) is 0 Å². The molecule has 1 heterocycles. The average molecular weight is 225 g/mol. The number of nitrogens with two attached hydrogens (primary N) is 1. The Hall–Kier alpha value is -1.49. The van der Waals surface area contributed by atoms with Crippen molar-refractivity contribution in [3.63, 3.8) is 0 Å². The topological polar surface area (TPSA) is 72.8 Å². The lowest BCUT2D eigenvalue weighted by molar-refractivity contribution is 0.179. The number of nitrogens with zero attached hydrogens (tertiary/aromatic N) is 1. The van der Waals surface area contributed by atoms with Crippen LogP contribution in [0.4, 0.5) is 0 Å². The maximum Gasteiger partial charge on any atom is 0.188 e. The molecule has 90 valence electrons. The third-order valence-corrected chi connectivity index (χ3v) is 2.03. The Morgan fingerprint density at radius 3 is 3.12 bits per heavy atom. The number of hydrogen-bond acceptors (Lipinski definition) is 3. The summed E-state index contributed by atoms with van der Waals surface area (Å²) in [7, 11) is 1.66. The van der Waals surface area contributed by atoms with Crippen LogP contribution in [0.15, 0.2) is 27.8 Å². The molecule has 0 radical (unpaired) electrons. The van der Waals surface area contributed by atoms with Gasteiger partial charge in [-0.3, -0.25) is 4.99 Å². The van der Waals surface area contributed by atoms with Gasteiger partial charge >= 0.3 is 0 Å². The first kappa shape index (κ1) is 12.6. The molecule has 3 N–H and O–H groups in total. The fraction of sp³-hybridized carbons (Fsp3) is 0.545. The molecule has 1 aromatic rings. The molecule has 0 saturated heterocycles. The molecule has 0 saturated carbocycles. The SMILES string of the molecule is COCC(C)NC(N)=NCCc1ccco1. The van der Waals surface area contributed by atoms with Crippen LogP contribution in [0, 0.1) is 0 Å². The van der Waals surface area contributed by atoms with E-state index < -0.39 is 0 Å². The molecule has 0 fully saturated rings. The zero-order valence-electron chi connectivity index (χ0n) is 9.77. The zero-order valence-corrected chi connectivity index (χ0v) is 9.77. The molecule has 0 spiro atoms. The second-order valence-electron chi connectivity index (χ2n) is 3.60. The van der Waals surface area contributed by atoms with Crippen LogP contribution in [0.3, 0.4) is 0 Å². The van der Waals surface area contributed by atoms with Crippen LogP contribution >= 0.6 is 0 Å². The highest BCUT2D eigenvalue weighted by atomic mass is 16.5. The highest BCUT2D eigenvalue weighted by molar-refractivity contribution is 5.78. The number of hydrogen-bond donors (Lipinski definition) is 2. The third-order valence-electron chi connectivity index (χ3n) is 2.03. The average Bonchev–Trinajstić information content (AvgIpc) is 2.70. The van der Waals surface area contributed by atoms with Gasteiger partial charge in [-0.15, -0.1) is 0 Å². The molecular weight excluding hydrogens is 206 g/mol. The van der Waals surface area contributed by atoms with Gasteiger partial charge < -0.3 is 20.2 Å². The van der Waals surface area contributed by atoms with Crippen molar-refractivity contribution in [2.75, 3.05) is 20.3 Å². The minimum atomic E-state index is 0.164. The van der Waals surface area contributed by atoms with Crippen LogP contribution in [0.1, 0.15) is 12.7 Å². The number of guanidine groups is 1. The minimum Gasteiger partial charge on any atom is -0.469 e. The summed E-state index contributed by atoms with van der Waals surface area (Å²) < 4.78 is 10.2. The van der Waals surface area contributed by atoms with Crippen molar-refractivity contribution < 1.29 is 9.15 Å². The fourth-order valence-corrected chi connectivity index (χ4v) is 1.33. The first-order valence-corrected chi connectivity index (χ1v) is 5.30. The zero-order chi connectivity index (χ0) is 11.8. The van der Waals surface area contributed by atoms with Gasteiger partial charge in [0.2, 0.25) is 0 Å². The first-order chi connectivity index (χ1) is 7.72. The van der Waals surface area contributed by atoms with E-state index in [1.165, 1.54) is 0 Å². The lowest BCUT2D eigenvalue weighted by atomic mass is 10.3. The number of ether oxygens (including phenoxy) is 1. The predicted molar refractivity (Wildman–Crippen MR) is 63.4 cm³/mol. The maximum atomic E-state index is 5.70. The largest absolute Gasteiger partial charge is 0.469 e. The molecule has 5 heteroatoms. The Bertz CT molecular complexity index is 309. The normalized spacial score (nSPS) is 13.8. The quantitative estimate of drug-likeness (QED) is 0.554. The minimum absolute atomic E-state index is 0.164. The Labute approximate surface area is 95.7 Å². The second kappa shape index (κ2) is 6.90. The van der Waals surface area contributed by atoms with E-state index in [-0.39, 0.29) is 6.04 Å². The van der Waals surface area contributed by atoms with Gasteiger partial charge in [0.05, 0.1) is 12.9 Å². The van der Waals surface area contributed by atoms with Crippen LogP contribution in [0.25, 0.3) is 0 Å². The van der Waals surface area contributed by atoms with E-state index in [2.05, 4.69) is 10.3 Å². The van der Waals surface area contributed by atoms with Crippen LogP contribution in [-0.4, -0.2) is 32.3 Å². The van der Waals surface area contributed by atoms with Crippen LogP contribution in [-0.2, 0) is 11.2 Å². The van der Waals surface area contributed by atoms with E-state index in [4.69, 9.17) is 14.9 Å². The fourth-order valence-electron chi connectivity index (χ4n) is 1.33. The summed E-state index contributed by atoms with van der Waals surface area (Å²) in [4.78, 5) is 4.19. The monoisotopic (exact) mass is 225 g/mol. The molecule has 0 amide bonds. The Morgan fingerprint density at radius 2 is 2.50 bits per heavy atom. The van der Waals surface area contributed by atoms with Gasteiger partial charge in [-0.2, -0.15) is 0 Å². The Balaban J connectivity index is 2.23. The third kappa shape index (κ3) is 4.84. The standard InChI is InChI=1S/C11H19N3O2/c1-9(8-15-2)14-11(12)13-6-5-10-4-3-7-16-10/h3-4,7,9H,5-6,8H2,1-2H3,(H3,12,13,14). The highest BCUT2D eigenvalue weighted by Gasteiger charge is 2.01. The summed E-state index contributed by atoms with van der Waals surface area (Å²) in [5.74, 6) is 1.36. The number of aliphatic imine (C=N–C) groups is 1. The van der Waals surface area contributed by atoms with Crippen molar-refractivity contribution in [1.82, 2.24) is 5.32 Å². The molecule has 0 aliphatic rings. The van der Waals surface area contributed by atoms with Crippen molar-refractivity contribution in [3.05, 3.63) is 24.2 Å². The lowest BCUT2D eigenvalue weighted by Gasteiger charge is -2.12. The summed E-state index contributed by atoms with van der Waals surface area (Å²) in [6.45, 7) is 3.21. The number of nitrogens with one attached hydrogen (secondary N) is 1. The molecule has 1 rings (SSSR count). The molecule has 1 aromatic heterocycles. The summed E-state index contributed by atoms with van der Waals surface area (Å²) in [5, 5.41) is 3.03. The van der Waals surface area contributed by atoms with Gasteiger partial charge in [0.25, 0.3) is 0 Å². The molecular formula is C11H19N3O2. The molecule has 16 heavy (non-hydrogen) atoms. The number of furan rings is 1. The van der Waals surface area contributed by atoms with Crippen molar-refractivity contribution in [3.8, 4) is 0 Å². The molecule has 1 atom stereocenters. The van der Waals surface area contributed by atoms with Crippen molar-refractivity contribution in [2.45, 2.75) is 19.4 Å². The summed E-state index contributed by atoms with van der Waals surface area (Å²) >= 11 is 0. The number of methoxy groups -OCH3 is 1. The molecule has 1 unspecified atom stereocenters. The molecule has 0 aliphatic heterocycles. The second-order valence-corrected chi connectivity index (χ2v) is 3.60. The van der Waals surface area contributed by atoms with E-state index in [9.17, 15) is 0 Å². The van der Waals surface area contributed by atoms with Gasteiger partial charge in [0.15, 0.2) is 5.96 Å². The molecule has 0 aliphatic carbocycles. The first-order valence-electron chi connectivity index (χ1n) is 5.30. The van der Waals surface area contributed by atoms with E-state index >= 15 is 0 Å². The van der Waals surface area contributed by atoms with Crippen molar-refractivity contribution in [2.24, 2.45) is 10.7 Å². The predicted octanol–water partition coefficient (Wildman–Crippen LogP) is 0.761. The summed E-state index contributed by atoms with van der Waals surface area (Å²) in [5.41, 5.74) is 5.70. The summed E-state index contributed by atoms with van der Waals surface area (Å²) in [6, 6.07) is 3.95. The van der Waals surface area contributed by atoms with Gasteiger partial charge in [0.1, 0.15) is 5.76 Å². The summed E-state index contributed by atoms with van der Waals surface area (Å²) in [6.07, 6.45) is 2.41. The molecule has 0 bridgehead atoms. The molecule has 5 nitrogen and oxygen atoms in total. The Morgan fingerprint density at radius 1 is 1.69 bits per heavy atom. The van der Waals surface area contributed by atoms with E-state index in [0.29, 0.717) is 19.1 Å². The van der Waals surface area contributed by atoms with Crippen LogP contribution in [0.2, 0.25) is 0 Å². The lowest BCUT2D eigenvalue weighted by Crippen LogP contribution is -2.40. The van der Waals surface area contributed by atoms with E-state index in [1.807, 2.05) is 19.1 Å². The van der Waals surface area contributed by atoms with E-state index in [1.54, 1.807) is 13.4 Å². The molecule has 0 aromatic carbocycles. The maximum absolute atomic E-state index is 5.70. The van der Waals surface area contributed by atoms with Crippen LogP contribution in [0.5, 0.6) is 0 Å². The van der Waals surface area contributed by atoms with Crippen LogP contribution < -0.4 is 11.1 Å². The van der Waals surface area contributed by atoms with E-state index in [0.717, 1.165) is 12.2 Å². The van der Waals surface area contributed by atoms with Gasteiger partial charge in [-0.1, -0.05) is 0 Å². The van der Waals surface area contributed by atoms with Crippen molar-refractivity contribution in [1.29, 1.82) is 0 Å². The number of rotatable bonds is 6. The van der Waals surface area contributed by atoms with Gasteiger partial charge in [-0.05, 0) is 19.1 Å². The highest BCUT2D eigenvalue weighted by Crippen LogP contribution is 2.00. The smallest absolute Gasteiger partial charge is 0.188 e. The Kier molecular flexibility index (Phi) is 5.42. The van der Waals surface area contributed by atoms with Crippen molar-refractivity contribution >= 4 is 5.96 Å².